The van der Waals surface area contributed by atoms with E-state index in [-0.39, 0.29) is 48.5 Å². The van der Waals surface area contributed by atoms with Crippen LogP contribution in [0.3, 0.4) is 0 Å². The van der Waals surface area contributed by atoms with Crippen LogP contribution in [0.2, 0.25) is 0 Å². The second-order valence-corrected chi connectivity index (χ2v) is 8.75. The molecule has 4 rings (SSSR count). The summed E-state index contributed by atoms with van der Waals surface area (Å²) in [4.78, 5) is 41.5. The molecule has 3 N–H and O–H groups in total. The summed E-state index contributed by atoms with van der Waals surface area (Å²) in [5.41, 5.74) is 6.32. The zero-order valence-electron chi connectivity index (χ0n) is 17.4. The normalized spacial score (nSPS) is 31.1. The van der Waals surface area contributed by atoms with Gasteiger partial charge in [-0.15, -0.1) is 12.4 Å². The summed E-state index contributed by atoms with van der Waals surface area (Å²) in [5, 5.41) is 2.92. The van der Waals surface area contributed by atoms with Crippen molar-refractivity contribution < 1.29 is 14.4 Å². The summed E-state index contributed by atoms with van der Waals surface area (Å²) < 4.78 is 0. The van der Waals surface area contributed by atoms with E-state index in [9.17, 15) is 14.4 Å². The minimum atomic E-state index is -0.826. The van der Waals surface area contributed by atoms with Crippen molar-refractivity contribution in [2.45, 2.75) is 44.1 Å². The number of hydrogen-bond donors (Lipinski definition) is 2. The molecule has 164 valence electrons. The predicted molar refractivity (Wildman–Crippen MR) is 116 cm³/mol. The summed E-state index contributed by atoms with van der Waals surface area (Å²) in [6, 6.07) is 9.64. The average molecular weight is 435 g/mol. The van der Waals surface area contributed by atoms with Gasteiger partial charge in [0.1, 0.15) is 12.1 Å². The van der Waals surface area contributed by atoms with E-state index in [4.69, 9.17) is 5.73 Å². The number of carbonyl (C=O) groups excluding carboxylic acids is 3. The van der Waals surface area contributed by atoms with E-state index in [1.165, 1.54) is 5.56 Å². The van der Waals surface area contributed by atoms with Crippen molar-refractivity contribution in [3.63, 3.8) is 0 Å². The molecule has 1 aliphatic carbocycles. The maximum Gasteiger partial charge on any atom is 0.325 e. The van der Waals surface area contributed by atoms with Crippen LogP contribution < -0.4 is 11.1 Å². The standard InChI is InChI=1S/C22H30N4O3.ClH/c1-15-7-5-6-10-22(15)20(28)26(21(29)24-22)14-19(27)25-12-17(11-23)18(13-25)16-8-3-2-4-9-16;/h2-4,8-9,15,17-18H,5-7,10-14,23H2,1H3,(H,24,29);1H/t15?,17-,18+,22?;/m1./s1. The fraction of sp³-hybridized carbons (Fsp3) is 0.591. The highest BCUT2D eigenvalue weighted by atomic mass is 35.5. The number of halogens is 1. The maximum absolute atomic E-state index is 13.1. The Kier molecular flexibility index (Phi) is 6.72. The lowest BCUT2D eigenvalue weighted by Gasteiger charge is -2.36. The molecule has 7 nitrogen and oxygen atoms in total. The van der Waals surface area contributed by atoms with E-state index in [2.05, 4.69) is 17.4 Å². The lowest BCUT2D eigenvalue weighted by atomic mass is 9.73. The Morgan fingerprint density at radius 2 is 1.93 bits per heavy atom. The van der Waals surface area contributed by atoms with Crippen LogP contribution >= 0.6 is 12.4 Å². The van der Waals surface area contributed by atoms with Crippen LogP contribution in [-0.4, -0.2) is 59.4 Å². The van der Waals surface area contributed by atoms with E-state index < -0.39 is 11.6 Å². The van der Waals surface area contributed by atoms with Crippen molar-refractivity contribution in [2.24, 2.45) is 17.6 Å². The summed E-state index contributed by atoms with van der Waals surface area (Å²) in [5.74, 6) is 0.0129. The Morgan fingerprint density at radius 3 is 2.60 bits per heavy atom. The Balaban J connectivity index is 0.00000256. The minimum Gasteiger partial charge on any atom is -0.340 e. The third-order valence-electron chi connectivity index (χ3n) is 7.12. The highest BCUT2D eigenvalue weighted by Crippen LogP contribution is 2.38. The monoisotopic (exact) mass is 434 g/mol. The number of amides is 4. The lowest BCUT2D eigenvalue weighted by molar-refractivity contribution is -0.140. The second kappa shape index (κ2) is 8.94. The number of carbonyl (C=O) groups is 3. The predicted octanol–water partition coefficient (Wildman–Crippen LogP) is 2.11. The molecule has 0 bridgehead atoms. The molecule has 0 radical (unpaired) electrons. The SMILES string of the molecule is CC1CCCCC12NC(=O)N(CC(=O)N1C[C@@H](CN)[C@H](c3ccccc3)C1)C2=O.Cl. The zero-order valence-corrected chi connectivity index (χ0v) is 18.2. The molecule has 3 aliphatic rings. The average Bonchev–Trinajstić information content (AvgIpc) is 3.27. The molecule has 3 fully saturated rings. The Hall–Kier alpha value is -2.12. The highest BCUT2D eigenvalue weighted by molar-refractivity contribution is 6.09. The van der Waals surface area contributed by atoms with Gasteiger partial charge in [0, 0.05) is 19.0 Å². The number of benzene rings is 1. The van der Waals surface area contributed by atoms with Gasteiger partial charge in [0.25, 0.3) is 5.91 Å². The van der Waals surface area contributed by atoms with Gasteiger partial charge in [-0.05, 0) is 36.8 Å². The van der Waals surface area contributed by atoms with E-state index in [1.54, 1.807) is 4.90 Å². The van der Waals surface area contributed by atoms with Gasteiger partial charge in [-0.2, -0.15) is 0 Å². The van der Waals surface area contributed by atoms with Crippen molar-refractivity contribution in [1.29, 1.82) is 0 Å². The van der Waals surface area contributed by atoms with Crippen LogP contribution in [0, 0.1) is 11.8 Å². The van der Waals surface area contributed by atoms with E-state index in [0.29, 0.717) is 26.1 Å². The van der Waals surface area contributed by atoms with Crippen LogP contribution in [-0.2, 0) is 9.59 Å². The number of nitrogens with zero attached hydrogens (tertiary/aromatic N) is 2. The van der Waals surface area contributed by atoms with Gasteiger partial charge >= 0.3 is 6.03 Å². The Morgan fingerprint density at radius 1 is 1.20 bits per heavy atom. The zero-order chi connectivity index (χ0) is 20.6. The first-order chi connectivity index (χ1) is 14.0. The van der Waals surface area contributed by atoms with Gasteiger partial charge in [-0.3, -0.25) is 14.5 Å². The van der Waals surface area contributed by atoms with E-state index in [0.717, 1.165) is 24.2 Å². The quantitative estimate of drug-likeness (QED) is 0.709. The Bertz CT molecular complexity index is 805. The molecule has 2 saturated heterocycles. The van der Waals surface area contributed by atoms with Gasteiger partial charge < -0.3 is 16.0 Å². The fourth-order valence-corrected chi connectivity index (χ4v) is 5.27. The molecule has 1 spiro atoms. The first kappa shape index (κ1) is 22.6. The van der Waals surface area contributed by atoms with Gasteiger partial charge in [0.15, 0.2) is 0 Å². The molecule has 1 aromatic carbocycles. The number of urea groups is 1. The van der Waals surface area contributed by atoms with Gasteiger partial charge in [0.2, 0.25) is 5.91 Å². The number of nitrogens with one attached hydrogen (secondary N) is 1. The number of likely N-dealkylation sites (tertiary alicyclic amines) is 1. The topological polar surface area (TPSA) is 95.7 Å². The van der Waals surface area contributed by atoms with Crippen molar-refractivity contribution in [2.75, 3.05) is 26.2 Å². The summed E-state index contributed by atoms with van der Waals surface area (Å²) in [6.07, 6.45) is 3.55. The molecule has 2 aliphatic heterocycles. The summed E-state index contributed by atoms with van der Waals surface area (Å²) in [7, 11) is 0. The van der Waals surface area contributed by atoms with Crippen LogP contribution in [0.4, 0.5) is 4.79 Å². The highest BCUT2D eigenvalue weighted by Gasteiger charge is 2.55. The second-order valence-electron chi connectivity index (χ2n) is 8.75. The van der Waals surface area contributed by atoms with E-state index >= 15 is 0 Å². The summed E-state index contributed by atoms with van der Waals surface area (Å²) in [6.45, 7) is 3.43. The number of imide groups is 1. The van der Waals surface area contributed by atoms with Crippen molar-refractivity contribution in [1.82, 2.24) is 15.1 Å². The van der Waals surface area contributed by atoms with Crippen LogP contribution in [0.15, 0.2) is 30.3 Å². The molecule has 0 aromatic heterocycles. The number of hydrogen-bond acceptors (Lipinski definition) is 4. The molecule has 1 saturated carbocycles. The van der Waals surface area contributed by atoms with Gasteiger partial charge in [-0.1, -0.05) is 50.1 Å². The smallest absolute Gasteiger partial charge is 0.325 e. The lowest BCUT2D eigenvalue weighted by Crippen LogP contribution is -2.54. The van der Waals surface area contributed by atoms with Crippen LogP contribution in [0.5, 0.6) is 0 Å². The van der Waals surface area contributed by atoms with E-state index in [1.807, 2.05) is 25.1 Å². The third-order valence-corrected chi connectivity index (χ3v) is 7.12. The molecule has 2 heterocycles. The first-order valence-electron chi connectivity index (χ1n) is 10.6. The van der Waals surface area contributed by atoms with Crippen LogP contribution in [0.1, 0.15) is 44.1 Å². The molecule has 30 heavy (non-hydrogen) atoms. The number of rotatable bonds is 4. The van der Waals surface area contributed by atoms with Crippen molar-refractivity contribution in [3.05, 3.63) is 35.9 Å². The van der Waals surface area contributed by atoms with Crippen molar-refractivity contribution in [3.8, 4) is 0 Å². The molecular weight excluding hydrogens is 404 g/mol. The van der Waals surface area contributed by atoms with Crippen molar-refractivity contribution >= 4 is 30.3 Å². The summed E-state index contributed by atoms with van der Waals surface area (Å²) >= 11 is 0. The fourth-order valence-electron chi connectivity index (χ4n) is 5.27. The third kappa shape index (κ3) is 3.81. The van der Waals surface area contributed by atoms with Crippen LogP contribution in [0.25, 0.3) is 0 Å². The van der Waals surface area contributed by atoms with Gasteiger partial charge in [-0.25, -0.2) is 4.79 Å². The first-order valence-corrected chi connectivity index (χ1v) is 10.6. The molecular formula is C22H31ClN4O3. The Labute approximate surface area is 183 Å². The molecule has 4 atom stereocenters. The minimum absolute atomic E-state index is 0. The molecule has 8 heteroatoms. The maximum atomic E-state index is 13.1. The van der Waals surface area contributed by atoms with Gasteiger partial charge in [0.05, 0.1) is 0 Å². The molecule has 4 amide bonds. The largest absolute Gasteiger partial charge is 0.340 e. The molecule has 2 unspecified atom stereocenters. The molecule has 1 aromatic rings. The number of nitrogens with two attached hydrogens (primary N) is 1.